The van der Waals surface area contributed by atoms with Crippen LogP contribution in [0.25, 0.3) is 6.08 Å². The lowest BCUT2D eigenvalue weighted by molar-refractivity contribution is 1.46. The summed E-state index contributed by atoms with van der Waals surface area (Å²) in [6, 6.07) is 6.02. The molecule has 2 heteroatoms. The molecule has 1 aromatic rings. The van der Waals surface area contributed by atoms with Crippen molar-refractivity contribution in [3.63, 3.8) is 0 Å². The summed E-state index contributed by atoms with van der Waals surface area (Å²) in [6.45, 7) is 4.00. The van der Waals surface area contributed by atoms with Crippen LogP contribution in [0.5, 0.6) is 0 Å². The van der Waals surface area contributed by atoms with Crippen molar-refractivity contribution in [2.24, 2.45) is 0 Å². The maximum Gasteiger partial charge on any atom is 0.0417 e. The fourth-order valence-corrected chi connectivity index (χ4v) is 1.29. The van der Waals surface area contributed by atoms with E-state index in [4.69, 9.17) is 5.73 Å². The molecule has 0 unspecified atom stereocenters. The van der Waals surface area contributed by atoms with Gasteiger partial charge in [-0.05, 0) is 35.5 Å². The van der Waals surface area contributed by atoms with Crippen molar-refractivity contribution in [1.29, 1.82) is 0 Å². The summed E-state index contributed by atoms with van der Waals surface area (Å²) in [7, 11) is 0. The molecule has 1 nitrogen and oxygen atoms in total. The van der Waals surface area contributed by atoms with Crippen LogP contribution in [0.1, 0.15) is 18.1 Å². The molecule has 0 atom stereocenters. The van der Waals surface area contributed by atoms with Crippen LogP contribution >= 0.6 is 15.9 Å². The highest BCUT2D eigenvalue weighted by molar-refractivity contribution is 9.11. The summed E-state index contributed by atoms with van der Waals surface area (Å²) in [4.78, 5) is 0. The summed E-state index contributed by atoms with van der Waals surface area (Å²) in [5, 5.41) is 0. The lowest BCUT2D eigenvalue weighted by Gasteiger charge is -2.03. The number of rotatable bonds is 1. The lowest BCUT2D eigenvalue weighted by Crippen LogP contribution is -1.92. The first-order chi connectivity index (χ1) is 5.61. The Balaban J connectivity index is 3.17. The average Bonchev–Trinajstić information content (AvgIpc) is 1.98. The molecule has 1 aromatic carbocycles. The fraction of sp³-hybridized carbons (Fsp3) is 0.200. The smallest absolute Gasteiger partial charge is 0.0417 e. The van der Waals surface area contributed by atoms with Crippen LogP contribution in [0.3, 0.4) is 0 Å². The zero-order valence-corrected chi connectivity index (χ0v) is 8.85. The Labute approximate surface area is 81.4 Å². The molecule has 0 saturated carbocycles. The van der Waals surface area contributed by atoms with Gasteiger partial charge in [-0.3, -0.25) is 0 Å². The zero-order chi connectivity index (χ0) is 9.14. The average molecular weight is 226 g/mol. The van der Waals surface area contributed by atoms with Crippen molar-refractivity contribution in [2.75, 3.05) is 5.73 Å². The van der Waals surface area contributed by atoms with Crippen molar-refractivity contribution in [1.82, 2.24) is 0 Å². The van der Waals surface area contributed by atoms with E-state index in [9.17, 15) is 0 Å². The summed E-state index contributed by atoms with van der Waals surface area (Å²) >= 11 is 3.38. The molecule has 0 heterocycles. The Hall–Kier alpha value is -0.760. The van der Waals surface area contributed by atoms with Crippen LogP contribution in [-0.4, -0.2) is 0 Å². The second kappa shape index (κ2) is 3.76. The topological polar surface area (TPSA) is 26.0 Å². The molecule has 12 heavy (non-hydrogen) atoms. The largest absolute Gasteiger partial charge is 0.398 e. The third-order valence-corrected chi connectivity index (χ3v) is 1.94. The molecule has 0 bridgehead atoms. The summed E-state index contributed by atoms with van der Waals surface area (Å²) < 4.78 is 1.08. The molecule has 0 aliphatic heterocycles. The maximum atomic E-state index is 5.87. The van der Waals surface area contributed by atoms with Crippen LogP contribution in [0, 0.1) is 6.92 Å². The van der Waals surface area contributed by atoms with Gasteiger partial charge in [0.05, 0.1) is 0 Å². The lowest BCUT2D eigenvalue weighted by atomic mass is 10.1. The van der Waals surface area contributed by atoms with Gasteiger partial charge >= 0.3 is 0 Å². The monoisotopic (exact) mass is 225 g/mol. The molecule has 0 saturated heterocycles. The van der Waals surface area contributed by atoms with E-state index in [1.807, 2.05) is 38.1 Å². The van der Waals surface area contributed by atoms with Gasteiger partial charge in [0, 0.05) is 5.69 Å². The van der Waals surface area contributed by atoms with Gasteiger partial charge < -0.3 is 5.73 Å². The number of nitrogens with two attached hydrogens (primary N) is 1. The Morgan fingerprint density at radius 3 is 2.75 bits per heavy atom. The molecule has 0 aliphatic carbocycles. The van der Waals surface area contributed by atoms with E-state index in [0.29, 0.717) is 0 Å². The summed E-state index contributed by atoms with van der Waals surface area (Å²) in [5.74, 6) is 0. The normalized spacial score (nSPS) is 11.8. The van der Waals surface area contributed by atoms with Crippen LogP contribution in [0.2, 0.25) is 0 Å². The molecule has 0 spiro atoms. The Bertz CT molecular complexity index is 312. The van der Waals surface area contributed by atoms with Crippen LogP contribution in [0.4, 0.5) is 5.69 Å². The number of anilines is 1. The molecule has 1 rings (SSSR count). The maximum absolute atomic E-state index is 5.87. The van der Waals surface area contributed by atoms with Gasteiger partial charge in [0.15, 0.2) is 0 Å². The van der Waals surface area contributed by atoms with E-state index >= 15 is 0 Å². The Kier molecular flexibility index (Phi) is 2.93. The van der Waals surface area contributed by atoms with Crippen molar-refractivity contribution in [3.8, 4) is 0 Å². The molecule has 0 fully saturated rings. The first-order valence-corrected chi connectivity index (χ1v) is 4.59. The van der Waals surface area contributed by atoms with Gasteiger partial charge in [-0.1, -0.05) is 34.1 Å². The number of nitrogen functional groups attached to an aromatic ring is 1. The number of aryl methyl sites for hydroxylation is 1. The van der Waals surface area contributed by atoms with E-state index in [-0.39, 0.29) is 0 Å². The highest BCUT2D eigenvalue weighted by atomic mass is 79.9. The van der Waals surface area contributed by atoms with Crippen LogP contribution < -0.4 is 5.73 Å². The molecule has 2 N–H and O–H groups in total. The molecule has 0 amide bonds. The summed E-state index contributed by atoms with van der Waals surface area (Å²) in [5.41, 5.74) is 8.92. The minimum absolute atomic E-state index is 0.858. The van der Waals surface area contributed by atoms with Gasteiger partial charge in [-0.25, -0.2) is 0 Å². The van der Waals surface area contributed by atoms with Crippen molar-refractivity contribution < 1.29 is 0 Å². The van der Waals surface area contributed by atoms with Crippen molar-refractivity contribution in [2.45, 2.75) is 13.8 Å². The Morgan fingerprint density at radius 2 is 2.17 bits per heavy atom. The molecule has 64 valence electrons. The number of benzene rings is 1. The SMILES string of the molecule is C/C(Br)=C/c1cccc(C)c1N. The molecular weight excluding hydrogens is 214 g/mol. The number of hydrogen-bond acceptors (Lipinski definition) is 1. The third-order valence-electron chi connectivity index (χ3n) is 1.71. The van der Waals surface area contributed by atoms with Gasteiger partial charge in [-0.15, -0.1) is 0 Å². The summed E-state index contributed by atoms with van der Waals surface area (Å²) in [6.07, 6.45) is 2.02. The number of allylic oxidation sites excluding steroid dienone is 1. The van der Waals surface area contributed by atoms with Crippen molar-refractivity contribution in [3.05, 3.63) is 33.8 Å². The predicted octanol–water partition coefficient (Wildman–Crippen LogP) is 3.33. The molecule has 0 aromatic heterocycles. The second-order valence-electron chi connectivity index (χ2n) is 2.81. The first-order valence-electron chi connectivity index (χ1n) is 3.80. The van der Waals surface area contributed by atoms with E-state index in [1.165, 1.54) is 0 Å². The number of hydrogen-bond donors (Lipinski definition) is 1. The first kappa shape index (κ1) is 9.33. The second-order valence-corrected chi connectivity index (χ2v) is 4.06. The van der Waals surface area contributed by atoms with E-state index in [1.54, 1.807) is 0 Å². The molecular formula is C10H12BrN. The van der Waals surface area contributed by atoms with E-state index in [0.717, 1.165) is 21.3 Å². The van der Waals surface area contributed by atoms with Crippen LogP contribution in [-0.2, 0) is 0 Å². The minimum Gasteiger partial charge on any atom is -0.398 e. The minimum atomic E-state index is 0.858. The quantitative estimate of drug-likeness (QED) is 0.730. The van der Waals surface area contributed by atoms with Gasteiger partial charge in [0.1, 0.15) is 0 Å². The van der Waals surface area contributed by atoms with Gasteiger partial charge in [0.25, 0.3) is 0 Å². The van der Waals surface area contributed by atoms with Gasteiger partial charge in [-0.2, -0.15) is 0 Å². The number of halogens is 1. The fourth-order valence-electron chi connectivity index (χ4n) is 1.04. The highest BCUT2D eigenvalue weighted by Gasteiger charge is 1.97. The predicted molar refractivity (Wildman–Crippen MR) is 58.2 cm³/mol. The third kappa shape index (κ3) is 2.11. The highest BCUT2D eigenvalue weighted by Crippen LogP contribution is 2.20. The van der Waals surface area contributed by atoms with E-state index < -0.39 is 0 Å². The standard InChI is InChI=1S/C10H12BrN/c1-7-4-3-5-9(10(7)12)6-8(2)11/h3-6H,12H2,1-2H3/b8-6-. The Morgan fingerprint density at radius 1 is 1.50 bits per heavy atom. The van der Waals surface area contributed by atoms with E-state index in [2.05, 4.69) is 15.9 Å². The van der Waals surface area contributed by atoms with Crippen molar-refractivity contribution >= 4 is 27.7 Å². The zero-order valence-electron chi connectivity index (χ0n) is 7.26. The van der Waals surface area contributed by atoms with Gasteiger partial charge in [0.2, 0.25) is 0 Å². The molecule has 0 radical (unpaired) electrons. The number of para-hydroxylation sites is 1. The van der Waals surface area contributed by atoms with Crippen LogP contribution in [0.15, 0.2) is 22.7 Å². The molecule has 0 aliphatic rings.